The minimum atomic E-state index is -1.04. The normalized spacial score (nSPS) is 10.0. The summed E-state index contributed by atoms with van der Waals surface area (Å²) < 4.78 is 5.56. The van der Waals surface area contributed by atoms with Gasteiger partial charge in [-0.2, -0.15) is 0 Å². The lowest BCUT2D eigenvalue weighted by Gasteiger charge is -1.98. The van der Waals surface area contributed by atoms with E-state index in [1.807, 2.05) is 18.2 Å². The molecule has 0 bridgehead atoms. The van der Waals surface area contributed by atoms with E-state index in [-0.39, 0.29) is 5.56 Å². The molecule has 18 heavy (non-hydrogen) atoms. The molecule has 2 aromatic rings. The SMILES string of the molecule is C=Cc1oc(-c2ccccc2)c(C(=O)O)c1C=C. The minimum absolute atomic E-state index is 0.117. The van der Waals surface area contributed by atoms with Crippen LogP contribution >= 0.6 is 0 Å². The van der Waals surface area contributed by atoms with Crippen molar-refractivity contribution in [1.82, 2.24) is 0 Å². The third-order valence-corrected chi connectivity index (χ3v) is 2.61. The largest absolute Gasteiger partial charge is 0.478 e. The summed E-state index contributed by atoms with van der Waals surface area (Å²) in [6.07, 6.45) is 2.95. The van der Waals surface area contributed by atoms with E-state index in [9.17, 15) is 9.90 Å². The Morgan fingerprint density at radius 1 is 1.17 bits per heavy atom. The number of hydrogen-bond donors (Lipinski definition) is 1. The quantitative estimate of drug-likeness (QED) is 0.880. The van der Waals surface area contributed by atoms with Crippen LogP contribution in [-0.4, -0.2) is 11.1 Å². The lowest BCUT2D eigenvalue weighted by Crippen LogP contribution is -1.99. The summed E-state index contributed by atoms with van der Waals surface area (Å²) >= 11 is 0. The zero-order chi connectivity index (χ0) is 13.1. The van der Waals surface area contributed by atoms with Gasteiger partial charge in [0.1, 0.15) is 17.1 Å². The first-order valence-electron chi connectivity index (χ1n) is 5.39. The fourth-order valence-electron chi connectivity index (χ4n) is 1.82. The van der Waals surface area contributed by atoms with Crippen molar-refractivity contribution in [3.05, 3.63) is 60.4 Å². The maximum absolute atomic E-state index is 11.4. The molecule has 0 aliphatic heterocycles. The molecule has 2 rings (SSSR count). The number of carboxylic acid groups (broad SMARTS) is 1. The van der Waals surface area contributed by atoms with Gasteiger partial charge in [0.25, 0.3) is 0 Å². The predicted molar refractivity (Wildman–Crippen MR) is 71.3 cm³/mol. The van der Waals surface area contributed by atoms with E-state index >= 15 is 0 Å². The van der Waals surface area contributed by atoms with Gasteiger partial charge >= 0.3 is 5.97 Å². The smallest absolute Gasteiger partial charge is 0.340 e. The second-order valence-electron chi connectivity index (χ2n) is 3.66. The molecule has 3 heteroatoms. The number of benzene rings is 1. The summed E-state index contributed by atoms with van der Waals surface area (Å²) in [5.41, 5.74) is 1.29. The van der Waals surface area contributed by atoms with Crippen LogP contribution in [0.5, 0.6) is 0 Å². The second-order valence-corrected chi connectivity index (χ2v) is 3.66. The van der Waals surface area contributed by atoms with Gasteiger partial charge in [-0.1, -0.05) is 49.6 Å². The van der Waals surface area contributed by atoms with Gasteiger partial charge < -0.3 is 9.52 Å². The van der Waals surface area contributed by atoms with Crippen molar-refractivity contribution in [2.75, 3.05) is 0 Å². The first kappa shape index (κ1) is 11.9. The van der Waals surface area contributed by atoms with Gasteiger partial charge in [0.05, 0.1) is 0 Å². The molecule has 90 valence electrons. The van der Waals surface area contributed by atoms with Gasteiger partial charge in [-0.05, 0) is 6.08 Å². The van der Waals surface area contributed by atoms with Crippen molar-refractivity contribution in [1.29, 1.82) is 0 Å². The van der Waals surface area contributed by atoms with Crippen LogP contribution in [-0.2, 0) is 0 Å². The Balaban J connectivity index is 2.75. The molecule has 1 aromatic carbocycles. The highest BCUT2D eigenvalue weighted by molar-refractivity contribution is 5.99. The van der Waals surface area contributed by atoms with E-state index in [1.54, 1.807) is 12.1 Å². The molecule has 0 radical (unpaired) electrons. The van der Waals surface area contributed by atoms with Crippen LogP contribution in [0.4, 0.5) is 0 Å². The van der Waals surface area contributed by atoms with Crippen LogP contribution in [0.15, 0.2) is 47.9 Å². The highest BCUT2D eigenvalue weighted by atomic mass is 16.4. The van der Waals surface area contributed by atoms with Crippen LogP contribution < -0.4 is 0 Å². The van der Waals surface area contributed by atoms with Crippen molar-refractivity contribution in [2.45, 2.75) is 0 Å². The van der Waals surface area contributed by atoms with Gasteiger partial charge in [-0.25, -0.2) is 4.79 Å². The maximum Gasteiger partial charge on any atom is 0.340 e. The summed E-state index contributed by atoms with van der Waals surface area (Å²) in [5.74, 6) is -0.297. The fourth-order valence-corrected chi connectivity index (χ4v) is 1.82. The first-order valence-corrected chi connectivity index (χ1v) is 5.39. The van der Waals surface area contributed by atoms with Crippen molar-refractivity contribution in [3.8, 4) is 11.3 Å². The number of carbonyl (C=O) groups is 1. The topological polar surface area (TPSA) is 50.4 Å². The summed E-state index contributed by atoms with van der Waals surface area (Å²) in [6, 6.07) is 9.10. The Kier molecular flexibility index (Phi) is 3.15. The number of furan rings is 1. The van der Waals surface area contributed by atoms with Crippen LogP contribution in [0.2, 0.25) is 0 Å². The third kappa shape index (κ3) is 1.86. The molecule has 0 aliphatic carbocycles. The molecule has 0 spiro atoms. The molecule has 1 heterocycles. The molecule has 0 fully saturated rings. The van der Waals surface area contributed by atoms with Gasteiger partial charge in [0.2, 0.25) is 0 Å². The van der Waals surface area contributed by atoms with E-state index in [0.717, 1.165) is 0 Å². The lowest BCUT2D eigenvalue weighted by atomic mass is 10.0. The Morgan fingerprint density at radius 3 is 2.33 bits per heavy atom. The summed E-state index contributed by atoms with van der Waals surface area (Å²) in [7, 11) is 0. The highest BCUT2D eigenvalue weighted by Crippen LogP contribution is 2.32. The van der Waals surface area contributed by atoms with E-state index in [2.05, 4.69) is 13.2 Å². The van der Waals surface area contributed by atoms with Gasteiger partial charge in [0.15, 0.2) is 0 Å². The first-order chi connectivity index (χ1) is 8.69. The average molecular weight is 240 g/mol. The number of aromatic carboxylic acids is 1. The van der Waals surface area contributed by atoms with Crippen molar-refractivity contribution in [2.24, 2.45) is 0 Å². The molecule has 3 nitrogen and oxygen atoms in total. The molecule has 0 atom stereocenters. The number of rotatable bonds is 4. The van der Waals surface area contributed by atoms with Gasteiger partial charge in [0, 0.05) is 11.1 Å². The van der Waals surface area contributed by atoms with Gasteiger partial charge in [-0.3, -0.25) is 0 Å². The molecular weight excluding hydrogens is 228 g/mol. The number of carboxylic acids is 1. The summed E-state index contributed by atoms with van der Waals surface area (Å²) in [4.78, 5) is 11.4. The van der Waals surface area contributed by atoms with Crippen molar-refractivity contribution < 1.29 is 14.3 Å². The predicted octanol–water partition coefficient (Wildman–Crippen LogP) is 3.93. The monoisotopic (exact) mass is 240 g/mol. The zero-order valence-electron chi connectivity index (χ0n) is 9.72. The lowest BCUT2D eigenvalue weighted by molar-refractivity contribution is 0.0697. The Morgan fingerprint density at radius 2 is 1.83 bits per heavy atom. The van der Waals surface area contributed by atoms with E-state index < -0.39 is 5.97 Å². The second kappa shape index (κ2) is 4.75. The summed E-state index contributed by atoms with van der Waals surface area (Å²) in [5, 5.41) is 9.31. The van der Waals surface area contributed by atoms with Crippen molar-refractivity contribution in [3.63, 3.8) is 0 Å². The minimum Gasteiger partial charge on any atom is -0.478 e. The summed E-state index contributed by atoms with van der Waals surface area (Å²) in [6.45, 7) is 7.23. The van der Waals surface area contributed by atoms with Crippen LogP contribution in [0.25, 0.3) is 23.5 Å². The Labute approximate surface area is 105 Å². The van der Waals surface area contributed by atoms with E-state index in [0.29, 0.717) is 22.6 Å². The fraction of sp³-hybridized carbons (Fsp3) is 0. The molecule has 1 aromatic heterocycles. The Bertz CT molecular complexity index is 606. The van der Waals surface area contributed by atoms with E-state index in [4.69, 9.17) is 4.42 Å². The molecule has 0 saturated heterocycles. The maximum atomic E-state index is 11.4. The third-order valence-electron chi connectivity index (χ3n) is 2.61. The standard InChI is InChI=1S/C15H12O3/c1-3-11-12(4-2)18-14(13(11)15(16)17)10-8-6-5-7-9-10/h3-9H,1-2H2,(H,16,17). The molecule has 0 aliphatic rings. The average Bonchev–Trinajstić information content (AvgIpc) is 2.78. The van der Waals surface area contributed by atoms with Crippen LogP contribution in [0.1, 0.15) is 21.7 Å². The molecule has 0 saturated carbocycles. The molecule has 0 amide bonds. The molecular formula is C15H12O3. The van der Waals surface area contributed by atoms with E-state index in [1.165, 1.54) is 12.2 Å². The van der Waals surface area contributed by atoms with Gasteiger partial charge in [-0.15, -0.1) is 0 Å². The Hall–Kier alpha value is -2.55. The van der Waals surface area contributed by atoms with Crippen molar-refractivity contribution >= 4 is 18.1 Å². The zero-order valence-corrected chi connectivity index (χ0v) is 9.72. The highest BCUT2D eigenvalue weighted by Gasteiger charge is 2.23. The van der Waals surface area contributed by atoms with Crippen LogP contribution in [0.3, 0.4) is 0 Å². The molecule has 0 unspecified atom stereocenters. The number of hydrogen-bond acceptors (Lipinski definition) is 2. The van der Waals surface area contributed by atoms with Crippen LogP contribution in [0, 0.1) is 0 Å². The molecule has 1 N–H and O–H groups in total.